The summed E-state index contributed by atoms with van der Waals surface area (Å²) in [6.45, 7) is 5.17. The van der Waals surface area contributed by atoms with E-state index in [1.165, 1.54) is 0 Å². The second-order valence-corrected chi connectivity index (χ2v) is 4.13. The van der Waals surface area contributed by atoms with Gasteiger partial charge in [0.15, 0.2) is 0 Å². The molecular formula is C10H19N3O2. The minimum Gasteiger partial charge on any atom is -0.354 e. The van der Waals surface area contributed by atoms with E-state index in [0.29, 0.717) is 25.9 Å². The fourth-order valence-corrected chi connectivity index (χ4v) is 1.53. The minimum atomic E-state index is 0.0507. The Morgan fingerprint density at radius 1 is 1.60 bits per heavy atom. The Morgan fingerprint density at radius 2 is 2.33 bits per heavy atom. The lowest BCUT2D eigenvalue weighted by Gasteiger charge is -2.11. The Balaban J connectivity index is 2.06. The van der Waals surface area contributed by atoms with Crippen LogP contribution in [0.1, 0.15) is 26.7 Å². The van der Waals surface area contributed by atoms with Gasteiger partial charge in [0.05, 0.1) is 0 Å². The summed E-state index contributed by atoms with van der Waals surface area (Å²) >= 11 is 0. The van der Waals surface area contributed by atoms with Crippen LogP contribution in [0.2, 0.25) is 0 Å². The van der Waals surface area contributed by atoms with Gasteiger partial charge in [0.2, 0.25) is 11.8 Å². The highest BCUT2D eigenvalue weighted by Crippen LogP contribution is 1.98. The molecule has 1 atom stereocenters. The maximum atomic E-state index is 11.3. The third-order valence-electron chi connectivity index (χ3n) is 2.21. The Hall–Kier alpha value is -1.10. The molecule has 3 N–H and O–H groups in total. The molecule has 0 radical (unpaired) electrons. The summed E-state index contributed by atoms with van der Waals surface area (Å²) in [5.74, 6) is 0.133. The predicted octanol–water partition coefficient (Wildman–Crippen LogP) is -0.621. The van der Waals surface area contributed by atoms with Gasteiger partial charge in [0.25, 0.3) is 0 Å². The van der Waals surface area contributed by atoms with Crippen molar-refractivity contribution in [3.8, 4) is 0 Å². The number of carbonyl (C=O) groups excluding carboxylic acids is 2. The molecule has 0 aliphatic carbocycles. The van der Waals surface area contributed by atoms with Crippen LogP contribution >= 0.6 is 0 Å². The first kappa shape index (κ1) is 12.0. The summed E-state index contributed by atoms with van der Waals surface area (Å²) in [4.78, 5) is 22.1. The lowest BCUT2D eigenvalue weighted by Crippen LogP contribution is -2.36. The van der Waals surface area contributed by atoms with Gasteiger partial charge in [-0.25, -0.2) is 0 Å². The highest BCUT2D eigenvalue weighted by Gasteiger charge is 2.20. The average Bonchev–Trinajstić information content (AvgIpc) is 2.50. The molecule has 15 heavy (non-hydrogen) atoms. The van der Waals surface area contributed by atoms with E-state index in [0.717, 1.165) is 0 Å². The van der Waals surface area contributed by atoms with Crippen LogP contribution in [0.25, 0.3) is 0 Å². The molecule has 1 unspecified atom stereocenters. The fraction of sp³-hybridized carbons (Fsp3) is 0.800. The lowest BCUT2D eigenvalue weighted by molar-refractivity contribution is -0.121. The first-order chi connectivity index (χ1) is 7.08. The molecule has 5 heteroatoms. The topological polar surface area (TPSA) is 70.2 Å². The van der Waals surface area contributed by atoms with Crippen molar-refractivity contribution in [2.75, 3.05) is 13.1 Å². The maximum absolute atomic E-state index is 11.3. The third-order valence-corrected chi connectivity index (χ3v) is 2.21. The molecule has 0 aromatic rings. The van der Waals surface area contributed by atoms with Crippen molar-refractivity contribution in [1.29, 1.82) is 0 Å². The van der Waals surface area contributed by atoms with Crippen molar-refractivity contribution < 1.29 is 9.59 Å². The SMILES string of the molecule is CC(C)NC(=O)CCNC1CNC(=O)C1. The Labute approximate surface area is 90.0 Å². The average molecular weight is 213 g/mol. The van der Waals surface area contributed by atoms with E-state index in [-0.39, 0.29) is 23.9 Å². The van der Waals surface area contributed by atoms with Crippen molar-refractivity contribution >= 4 is 11.8 Å². The molecule has 1 fully saturated rings. The van der Waals surface area contributed by atoms with Crippen LogP contribution in [-0.4, -0.2) is 37.0 Å². The van der Waals surface area contributed by atoms with Crippen LogP contribution in [0.3, 0.4) is 0 Å². The second-order valence-electron chi connectivity index (χ2n) is 4.13. The van der Waals surface area contributed by atoms with Gasteiger partial charge >= 0.3 is 0 Å². The van der Waals surface area contributed by atoms with Gasteiger partial charge in [-0.3, -0.25) is 9.59 Å². The molecule has 0 saturated carbocycles. The number of amides is 2. The zero-order valence-corrected chi connectivity index (χ0v) is 9.30. The Kier molecular flexibility index (Phi) is 4.55. The minimum absolute atomic E-state index is 0.0507. The van der Waals surface area contributed by atoms with E-state index < -0.39 is 0 Å². The lowest BCUT2D eigenvalue weighted by atomic mass is 10.2. The van der Waals surface area contributed by atoms with Crippen LogP contribution in [0, 0.1) is 0 Å². The molecule has 0 aromatic heterocycles. The van der Waals surface area contributed by atoms with Crippen LogP contribution in [0.15, 0.2) is 0 Å². The number of hydrogen-bond donors (Lipinski definition) is 3. The molecule has 1 saturated heterocycles. The van der Waals surface area contributed by atoms with Gasteiger partial charge in [-0.2, -0.15) is 0 Å². The second kappa shape index (κ2) is 5.70. The largest absolute Gasteiger partial charge is 0.354 e. The number of rotatable bonds is 5. The van der Waals surface area contributed by atoms with Gasteiger partial charge in [-0.1, -0.05) is 0 Å². The molecule has 86 valence electrons. The molecule has 0 aromatic carbocycles. The number of nitrogens with one attached hydrogen (secondary N) is 3. The molecule has 1 aliphatic rings. The normalized spacial score (nSPS) is 20.5. The predicted molar refractivity (Wildman–Crippen MR) is 57.3 cm³/mol. The quantitative estimate of drug-likeness (QED) is 0.570. The highest BCUT2D eigenvalue weighted by atomic mass is 16.2. The van der Waals surface area contributed by atoms with Gasteiger partial charge in [0, 0.05) is 38.0 Å². The summed E-state index contributed by atoms with van der Waals surface area (Å²) in [6, 6.07) is 0.372. The van der Waals surface area contributed by atoms with E-state index in [2.05, 4.69) is 16.0 Å². The van der Waals surface area contributed by atoms with Gasteiger partial charge in [-0.05, 0) is 13.8 Å². The summed E-state index contributed by atoms with van der Waals surface area (Å²) in [6.07, 6.45) is 0.981. The zero-order chi connectivity index (χ0) is 11.3. The first-order valence-electron chi connectivity index (χ1n) is 5.37. The summed E-state index contributed by atoms with van der Waals surface area (Å²) in [5.41, 5.74) is 0. The van der Waals surface area contributed by atoms with Crippen LogP contribution in [-0.2, 0) is 9.59 Å². The molecular weight excluding hydrogens is 194 g/mol. The molecule has 5 nitrogen and oxygen atoms in total. The summed E-state index contributed by atoms with van der Waals surface area (Å²) < 4.78 is 0. The molecule has 2 amide bonds. The van der Waals surface area contributed by atoms with Crippen molar-refractivity contribution in [1.82, 2.24) is 16.0 Å². The smallest absolute Gasteiger partial charge is 0.221 e. The maximum Gasteiger partial charge on any atom is 0.221 e. The van der Waals surface area contributed by atoms with Crippen LogP contribution in [0.4, 0.5) is 0 Å². The molecule has 1 heterocycles. The van der Waals surface area contributed by atoms with Crippen molar-refractivity contribution in [3.63, 3.8) is 0 Å². The van der Waals surface area contributed by atoms with Gasteiger partial charge in [0.1, 0.15) is 0 Å². The van der Waals surface area contributed by atoms with E-state index in [9.17, 15) is 9.59 Å². The molecule has 0 spiro atoms. The van der Waals surface area contributed by atoms with Gasteiger partial charge < -0.3 is 16.0 Å². The number of carbonyl (C=O) groups is 2. The fourth-order valence-electron chi connectivity index (χ4n) is 1.53. The monoisotopic (exact) mass is 213 g/mol. The Morgan fingerprint density at radius 3 is 2.87 bits per heavy atom. The van der Waals surface area contributed by atoms with Crippen molar-refractivity contribution in [2.24, 2.45) is 0 Å². The van der Waals surface area contributed by atoms with Crippen molar-refractivity contribution in [2.45, 2.75) is 38.8 Å². The Bertz CT molecular complexity index is 241. The van der Waals surface area contributed by atoms with Gasteiger partial charge in [-0.15, -0.1) is 0 Å². The van der Waals surface area contributed by atoms with Crippen LogP contribution in [0.5, 0.6) is 0 Å². The van der Waals surface area contributed by atoms with E-state index in [4.69, 9.17) is 0 Å². The molecule has 0 bridgehead atoms. The highest BCUT2D eigenvalue weighted by molar-refractivity contribution is 5.79. The van der Waals surface area contributed by atoms with E-state index >= 15 is 0 Å². The third kappa shape index (κ3) is 4.78. The number of hydrogen-bond acceptors (Lipinski definition) is 3. The summed E-state index contributed by atoms with van der Waals surface area (Å²) in [7, 11) is 0. The summed E-state index contributed by atoms with van der Waals surface area (Å²) in [5, 5.41) is 8.73. The van der Waals surface area contributed by atoms with Crippen LogP contribution < -0.4 is 16.0 Å². The van der Waals surface area contributed by atoms with E-state index in [1.54, 1.807) is 0 Å². The molecule has 1 rings (SSSR count). The van der Waals surface area contributed by atoms with Crippen molar-refractivity contribution in [3.05, 3.63) is 0 Å². The standard InChI is InChI=1S/C10H19N3O2/c1-7(2)13-9(14)3-4-11-8-5-10(15)12-6-8/h7-8,11H,3-6H2,1-2H3,(H,12,15)(H,13,14). The zero-order valence-electron chi connectivity index (χ0n) is 9.30. The molecule has 1 aliphatic heterocycles. The first-order valence-corrected chi connectivity index (χ1v) is 5.37. The van der Waals surface area contributed by atoms with E-state index in [1.807, 2.05) is 13.8 Å².